The second-order valence-electron chi connectivity index (χ2n) is 17.8. The van der Waals surface area contributed by atoms with Gasteiger partial charge in [0.15, 0.2) is 5.78 Å². The summed E-state index contributed by atoms with van der Waals surface area (Å²) < 4.78 is 82.4. The molecule has 2 aliphatic carbocycles. The molecule has 0 N–H and O–H groups in total. The topological polar surface area (TPSA) is 135 Å². The van der Waals surface area contributed by atoms with Crippen molar-refractivity contribution in [1.29, 1.82) is 0 Å². The van der Waals surface area contributed by atoms with Crippen LogP contribution in [-0.4, -0.2) is 72.1 Å². The Morgan fingerprint density at radius 1 is 0.810 bits per heavy atom. The number of nitro benzene ring substituents is 1. The molecule has 0 aromatic heterocycles. The molecule has 0 bridgehead atoms. The second kappa shape index (κ2) is 21.9. The monoisotopic (exact) mass is 931 g/mol. The molecule has 2 amide bonds. The van der Waals surface area contributed by atoms with Gasteiger partial charge in [-0.2, -0.15) is 35.9 Å². The number of alkyl halides is 6. The third-order valence-corrected chi connectivity index (χ3v) is 14.4. The van der Waals surface area contributed by atoms with Crippen molar-refractivity contribution in [1.82, 2.24) is 9.80 Å². The van der Waals surface area contributed by atoms with Gasteiger partial charge in [-0.25, -0.2) is 0 Å². The van der Waals surface area contributed by atoms with Gasteiger partial charge in [0, 0.05) is 46.3 Å². The van der Waals surface area contributed by atoms with Gasteiger partial charge in [0.05, 0.1) is 36.8 Å². The van der Waals surface area contributed by atoms with Crippen LogP contribution in [0.5, 0.6) is 0 Å². The Morgan fingerprint density at radius 3 is 1.60 bits per heavy atom. The van der Waals surface area contributed by atoms with Crippen molar-refractivity contribution in [3.05, 3.63) is 62.2 Å². The number of thioether (sulfide) groups is 2. The molecule has 63 heavy (non-hydrogen) atoms. The lowest BCUT2D eigenvalue weighted by atomic mass is 9.91. The van der Waals surface area contributed by atoms with Crippen LogP contribution in [-0.2, 0) is 33.2 Å². The summed E-state index contributed by atoms with van der Waals surface area (Å²) >= 11 is 2.17. The molecule has 3 aliphatic rings. The maximum absolute atomic E-state index is 14.0. The van der Waals surface area contributed by atoms with Crippen LogP contribution in [0.15, 0.2) is 34.1 Å². The van der Waals surface area contributed by atoms with Gasteiger partial charge in [0.1, 0.15) is 0 Å². The third kappa shape index (κ3) is 13.8. The minimum atomic E-state index is -4.80. The number of amides is 2. The van der Waals surface area contributed by atoms with Crippen molar-refractivity contribution in [3.63, 3.8) is 0 Å². The molecule has 10 nitrogen and oxygen atoms in total. The van der Waals surface area contributed by atoms with Gasteiger partial charge < -0.3 is 9.80 Å². The van der Waals surface area contributed by atoms with E-state index in [9.17, 15) is 50.8 Å². The SMILES string of the molecule is CC(C)N(C(=O)c1cc2c(cc1C(F)(F)F)SC(C)(C)C(=O)C2)C1CCCCC1.CCC(C)(C)Sc1cc(C(F)(F)F)c(C(=O)N(C(C)C)C2CCCCC2)cc1[N+](=O)[O-].O=C=O. The lowest BCUT2D eigenvalue weighted by Crippen LogP contribution is -2.46. The van der Waals surface area contributed by atoms with Crippen LogP contribution < -0.4 is 0 Å². The van der Waals surface area contributed by atoms with E-state index in [1.807, 2.05) is 34.6 Å². The number of hydrogen-bond donors (Lipinski definition) is 0. The Bertz CT molecular complexity index is 2000. The molecule has 2 fully saturated rings. The first-order valence-corrected chi connectivity index (χ1v) is 22.9. The smallest absolute Gasteiger partial charge is 0.333 e. The minimum Gasteiger partial charge on any atom is -0.333 e. The number of nitrogens with zero attached hydrogens (tertiary/aromatic N) is 3. The van der Waals surface area contributed by atoms with Crippen molar-refractivity contribution in [2.75, 3.05) is 0 Å². The number of nitro groups is 1. The third-order valence-electron chi connectivity index (χ3n) is 11.7. The number of rotatable bonds is 10. The number of benzene rings is 2. The zero-order valence-corrected chi connectivity index (χ0v) is 39.0. The Labute approximate surface area is 374 Å². The zero-order valence-electron chi connectivity index (χ0n) is 37.4. The summed E-state index contributed by atoms with van der Waals surface area (Å²) in [6, 6.07) is 3.29. The van der Waals surface area contributed by atoms with Crippen molar-refractivity contribution >= 4 is 53.0 Å². The van der Waals surface area contributed by atoms with Crippen LogP contribution in [0.4, 0.5) is 32.0 Å². The first-order chi connectivity index (χ1) is 29.1. The molecule has 18 heteroatoms. The highest BCUT2D eigenvalue weighted by Crippen LogP contribution is 2.47. The maximum Gasteiger partial charge on any atom is 0.417 e. The van der Waals surface area contributed by atoms with E-state index in [1.54, 1.807) is 32.6 Å². The molecule has 0 saturated heterocycles. The Kier molecular flexibility index (Phi) is 18.5. The first-order valence-electron chi connectivity index (χ1n) is 21.3. The van der Waals surface area contributed by atoms with Crippen molar-refractivity contribution in [3.8, 4) is 0 Å². The summed E-state index contributed by atoms with van der Waals surface area (Å²) in [6.45, 7) is 16.2. The number of carbonyl (C=O) groups excluding carboxylic acids is 5. The van der Waals surface area contributed by atoms with Crippen LogP contribution in [0.3, 0.4) is 0 Å². The molecular weight excluding hydrogens is 873 g/mol. The van der Waals surface area contributed by atoms with Crippen LogP contribution >= 0.6 is 23.5 Å². The van der Waals surface area contributed by atoms with Gasteiger partial charge in [-0.05, 0) is 97.4 Å². The molecule has 0 atom stereocenters. The molecule has 350 valence electrons. The van der Waals surface area contributed by atoms with Crippen LogP contribution in [0.1, 0.15) is 170 Å². The van der Waals surface area contributed by atoms with E-state index in [2.05, 4.69) is 0 Å². The van der Waals surface area contributed by atoms with E-state index in [-0.39, 0.29) is 53.0 Å². The lowest BCUT2D eigenvalue weighted by Gasteiger charge is -2.38. The summed E-state index contributed by atoms with van der Waals surface area (Å²) in [5, 5.41) is 11.7. The summed E-state index contributed by atoms with van der Waals surface area (Å²) in [7, 11) is 0. The van der Waals surface area contributed by atoms with Gasteiger partial charge in [-0.3, -0.25) is 24.5 Å². The summed E-state index contributed by atoms with van der Waals surface area (Å²) in [5.41, 5.74) is -2.93. The van der Waals surface area contributed by atoms with Crippen molar-refractivity contribution in [2.24, 2.45) is 0 Å². The number of halogens is 6. The quantitative estimate of drug-likeness (QED) is 0.0987. The molecule has 5 rings (SSSR count). The molecule has 0 spiro atoms. The fourth-order valence-electron chi connectivity index (χ4n) is 8.20. The molecular formula is C45H59F6N3O7S2. The summed E-state index contributed by atoms with van der Waals surface area (Å²) in [6.07, 6.45) is 0.490. The van der Waals surface area contributed by atoms with E-state index in [1.165, 1.54) is 11.0 Å². The van der Waals surface area contributed by atoms with E-state index in [0.717, 1.165) is 106 Å². The normalized spacial score (nSPS) is 17.1. The average Bonchev–Trinajstić information content (AvgIpc) is 3.18. The van der Waals surface area contributed by atoms with Crippen molar-refractivity contribution < 1.29 is 55.2 Å². The average molecular weight is 932 g/mol. The predicted octanol–water partition coefficient (Wildman–Crippen LogP) is 12.4. The first kappa shape index (κ1) is 53.4. The molecule has 0 unspecified atom stereocenters. The van der Waals surface area contributed by atoms with E-state index in [0.29, 0.717) is 16.9 Å². The highest BCUT2D eigenvalue weighted by molar-refractivity contribution is 8.01. The Hall–Kier alpha value is -3.89. The highest BCUT2D eigenvalue weighted by atomic mass is 32.2. The number of carbonyl (C=O) groups is 3. The maximum atomic E-state index is 14.0. The minimum absolute atomic E-state index is 0.0386. The lowest BCUT2D eigenvalue weighted by molar-refractivity contribution is -0.387. The van der Waals surface area contributed by atoms with Gasteiger partial charge in [0.2, 0.25) is 0 Å². The van der Waals surface area contributed by atoms with Crippen LogP contribution in [0.25, 0.3) is 0 Å². The van der Waals surface area contributed by atoms with Gasteiger partial charge in [-0.15, -0.1) is 23.5 Å². The fourth-order valence-corrected chi connectivity index (χ4v) is 10.5. The largest absolute Gasteiger partial charge is 0.417 e. The summed E-state index contributed by atoms with van der Waals surface area (Å²) in [4.78, 5) is 69.9. The van der Waals surface area contributed by atoms with E-state index >= 15 is 0 Å². The predicted molar refractivity (Wildman–Crippen MR) is 230 cm³/mol. The standard InChI is InChI=1S/C22H31F3N2O3S.C22H28F3NO2S.CO2/c1-6-21(4,5)31-19-13-17(22(23,24)25)16(12-18(19)27(29)30)20(28)26(14(2)3)15-10-8-7-9-11-15;1-13(2)26(15-8-6-5-7-9-15)20(28)16-10-14-11-19(27)21(3,4)29-18(14)12-17(16)22(23,24)25;2-1-3/h12-15H,6-11H2,1-5H3;10,12-13,15H,5-9,11H2,1-4H3;. The second-order valence-corrected chi connectivity index (χ2v) is 21.2. The fraction of sp³-hybridized carbons (Fsp3) is 0.644. The van der Waals surface area contributed by atoms with E-state index in [4.69, 9.17) is 9.59 Å². The Balaban J connectivity index is 0.000000316. The molecule has 1 heterocycles. The number of hydrogen-bond acceptors (Lipinski definition) is 9. The van der Waals surface area contributed by atoms with Crippen LogP contribution in [0.2, 0.25) is 0 Å². The molecule has 2 aromatic rings. The number of Topliss-reactive ketones (excluding diaryl/α,β-unsaturated/α-hetero) is 1. The van der Waals surface area contributed by atoms with Crippen molar-refractivity contribution in [2.45, 2.75) is 195 Å². The zero-order chi connectivity index (χ0) is 47.8. The summed E-state index contributed by atoms with van der Waals surface area (Å²) in [5.74, 6) is -1.41. The Morgan fingerprint density at radius 2 is 1.22 bits per heavy atom. The van der Waals surface area contributed by atoms with Crippen LogP contribution in [0, 0.1) is 10.1 Å². The number of fused-ring (bicyclic) bond motifs is 1. The molecule has 2 aromatic carbocycles. The van der Waals surface area contributed by atoms with E-state index < -0.39 is 61.0 Å². The molecule has 1 aliphatic heterocycles. The molecule has 0 radical (unpaired) electrons. The van der Waals surface area contributed by atoms with Gasteiger partial charge >= 0.3 is 18.5 Å². The number of ketones is 1. The van der Waals surface area contributed by atoms with Gasteiger partial charge in [0.25, 0.3) is 17.5 Å². The van der Waals surface area contributed by atoms with Gasteiger partial charge in [-0.1, -0.05) is 59.3 Å². The highest BCUT2D eigenvalue weighted by Gasteiger charge is 2.43. The molecule has 2 saturated carbocycles.